The molecule has 0 saturated heterocycles. The Morgan fingerprint density at radius 1 is 0.742 bits per heavy atom. The summed E-state index contributed by atoms with van der Waals surface area (Å²) >= 11 is 0. The van der Waals surface area contributed by atoms with Crippen LogP contribution in [-0.4, -0.2) is 7.11 Å². The van der Waals surface area contributed by atoms with Crippen LogP contribution in [-0.2, 0) is 21.0 Å². The van der Waals surface area contributed by atoms with Gasteiger partial charge in [-0.25, -0.2) is 0 Å². The van der Waals surface area contributed by atoms with Crippen molar-refractivity contribution in [1.82, 2.24) is 0 Å². The molecule has 1 heterocycles. The van der Waals surface area contributed by atoms with Crippen LogP contribution in [0.25, 0.3) is 0 Å². The molecule has 3 heteroatoms. The van der Waals surface area contributed by atoms with Gasteiger partial charge in [0.1, 0.15) is 5.50 Å². The van der Waals surface area contributed by atoms with Gasteiger partial charge in [0, 0.05) is 10.6 Å². The molecule has 0 radical (unpaired) electrons. The second-order valence-electron chi connectivity index (χ2n) is 11.8. The Bertz CT molecular complexity index is 1040. The van der Waals surface area contributed by atoms with Crippen LogP contribution in [0.3, 0.4) is 0 Å². The lowest BCUT2D eigenvalue weighted by Crippen LogP contribution is -2.21. The molecule has 1 atom stereocenters. The van der Waals surface area contributed by atoms with Crippen molar-refractivity contribution in [3.8, 4) is 0 Å². The number of ether oxygens (including phenoxy) is 1. The fourth-order valence-electron chi connectivity index (χ4n) is 4.20. The molecule has 0 amide bonds. The zero-order chi connectivity index (χ0) is 23.4. The number of benzene rings is 2. The summed E-state index contributed by atoms with van der Waals surface area (Å²) in [5.41, 5.74) is 6.33. The van der Waals surface area contributed by atoms with E-state index >= 15 is 0 Å². The third kappa shape index (κ3) is 4.29. The van der Waals surface area contributed by atoms with Gasteiger partial charge in [-0.15, -0.1) is 0 Å². The Morgan fingerprint density at radius 2 is 1.23 bits per heavy atom. The van der Waals surface area contributed by atoms with Gasteiger partial charge in [-0.3, -0.25) is 4.74 Å². The summed E-state index contributed by atoms with van der Waals surface area (Å²) in [5, 5.41) is 2.59. The molecule has 1 aliphatic rings. The molecule has 31 heavy (non-hydrogen) atoms. The van der Waals surface area contributed by atoms with Crippen molar-refractivity contribution >= 4 is 18.0 Å². The number of hydrogen-bond donors (Lipinski definition) is 0. The van der Waals surface area contributed by atoms with Gasteiger partial charge in [0.2, 0.25) is 0 Å². The van der Waals surface area contributed by atoms with E-state index in [1.807, 2.05) is 0 Å². The minimum absolute atomic E-state index is 0.0160. The van der Waals surface area contributed by atoms with Crippen molar-refractivity contribution in [3.63, 3.8) is 0 Å². The summed E-state index contributed by atoms with van der Waals surface area (Å²) in [6.45, 7) is 22.9. The molecule has 0 N–H and O–H groups in total. The van der Waals surface area contributed by atoms with Crippen LogP contribution in [0.15, 0.2) is 58.0 Å². The van der Waals surface area contributed by atoms with Gasteiger partial charge in [-0.1, -0.05) is 105 Å². The zero-order valence-electron chi connectivity index (χ0n) is 21.3. The largest absolute Gasteiger partial charge is 0.494 e. The lowest BCUT2D eigenvalue weighted by Gasteiger charge is -2.32. The monoisotopic (exact) mass is 437 g/mol. The van der Waals surface area contributed by atoms with Gasteiger partial charge >= 0.3 is 0 Å². The molecule has 0 aliphatic carbocycles. The fourth-order valence-corrected chi connectivity index (χ4v) is 7.58. The molecule has 0 fully saturated rings. The van der Waals surface area contributed by atoms with Crippen LogP contribution in [0, 0.1) is 0 Å². The van der Waals surface area contributed by atoms with Gasteiger partial charge in [-0.05, 0) is 39.9 Å². The maximum atomic E-state index is 5.88. The first kappa shape index (κ1) is 23.9. The van der Waals surface area contributed by atoms with E-state index in [9.17, 15) is 0 Å². The van der Waals surface area contributed by atoms with Crippen LogP contribution in [0.1, 0.15) is 85.9 Å². The zero-order valence-corrected chi connectivity index (χ0v) is 22.2. The normalized spacial score (nSPS) is 19.5. The average Bonchev–Trinajstić information content (AvgIpc) is 3.23. The molecule has 0 saturated carbocycles. The van der Waals surface area contributed by atoms with E-state index in [1.165, 1.54) is 27.3 Å². The van der Waals surface area contributed by atoms with Crippen molar-refractivity contribution < 1.29 is 4.74 Å². The minimum Gasteiger partial charge on any atom is -0.494 e. The van der Waals surface area contributed by atoms with Crippen molar-refractivity contribution in [2.75, 3.05) is 7.11 Å². The van der Waals surface area contributed by atoms with Crippen molar-refractivity contribution in [1.29, 1.82) is 0 Å². The minimum atomic E-state index is -1.98. The SMILES string of the molecule is COC1=C(C)[P@]1(=Nc1c(C(C)(C)C)cc(C(C)(C)C)cc1C(C)(C)C)c1ccccc1. The summed E-state index contributed by atoms with van der Waals surface area (Å²) in [7, 11) is -0.192. The maximum Gasteiger partial charge on any atom is 0.148 e. The molecule has 1 aliphatic heterocycles. The summed E-state index contributed by atoms with van der Waals surface area (Å²) in [4.78, 5) is 0. The Morgan fingerprint density at radius 3 is 1.58 bits per heavy atom. The summed E-state index contributed by atoms with van der Waals surface area (Å²) < 4.78 is 11.6. The van der Waals surface area contributed by atoms with E-state index in [0.29, 0.717) is 0 Å². The quantitative estimate of drug-likeness (QED) is 0.441. The van der Waals surface area contributed by atoms with Crippen LogP contribution in [0.2, 0.25) is 0 Å². The second kappa shape index (κ2) is 7.66. The predicted octanol–water partition coefficient (Wildman–Crippen LogP) is 8.59. The third-order valence-corrected chi connectivity index (χ3v) is 9.81. The highest BCUT2D eigenvalue weighted by atomic mass is 31.2. The first-order chi connectivity index (χ1) is 14.1. The van der Waals surface area contributed by atoms with Gasteiger partial charge in [0.15, 0.2) is 0 Å². The van der Waals surface area contributed by atoms with Gasteiger partial charge in [-0.2, -0.15) is 0 Å². The third-order valence-electron chi connectivity index (χ3n) is 6.20. The van der Waals surface area contributed by atoms with E-state index in [4.69, 9.17) is 9.48 Å². The van der Waals surface area contributed by atoms with Gasteiger partial charge < -0.3 is 4.74 Å². The average molecular weight is 438 g/mol. The molecular weight excluding hydrogens is 397 g/mol. The molecular formula is C28H40NOP. The number of rotatable bonds is 3. The predicted molar refractivity (Wildman–Crippen MR) is 137 cm³/mol. The van der Waals surface area contributed by atoms with Crippen LogP contribution in [0.5, 0.6) is 0 Å². The first-order valence-electron chi connectivity index (χ1n) is 11.3. The molecule has 2 aromatic carbocycles. The molecule has 0 aromatic heterocycles. The van der Waals surface area contributed by atoms with Crippen molar-refractivity contribution in [2.24, 2.45) is 4.74 Å². The van der Waals surface area contributed by atoms with Gasteiger partial charge in [0.05, 0.1) is 19.9 Å². The van der Waals surface area contributed by atoms with E-state index < -0.39 is 7.05 Å². The molecule has 2 nitrogen and oxygen atoms in total. The Kier molecular flexibility index (Phi) is 5.90. The van der Waals surface area contributed by atoms with E-state index in [-0.39, 0.29) is 16.2 Å². The summed E-state index contributed by atoms with van der Waals surface area (Å²) in [5.74, 6) is 0. The van der Waals surface area contributed by atoms with Crippen LogP contribution < -0.4 is 5.30 Å². The topological polar surface area (TPSA) is 21.6 Å². The van der Waals surface area contributed by atoms with E-state index in [1.54, 1.807) is 7.11 Å². The lowest BCUT2D eigenvalue weighted by molar-refractivity contribution is 0.329. The second-order valence-corrected chi connectivity index (χ2v) is 14.9. The standard InChI is InChI=1S/C28H40NOP/c1-19-25(30-11)31(19,21-15-13-12-14-16-21)29-24-22(27(5,6)7)17-20(26(2,3)4)18-23(24)28(8,9)10/h12-18H,1-11H3/t31-/m0/s1. The molecule has 0 spiro atoms. The number of nitrogens with zero attached hydrogens (tertiary/aromatic N) is 1. The first-order valence-corrected chi connectivity index (χ1v) is 13.0. The number of hydrogen-bond acceptors (Lipinski definition) is 2. The van der Waals surface area contributed by atoms with E-state index in [2.05, 4.69) is 112 Å². The molecule has 2 aromatic rings. The van der Waals surface area contributed by atoms with E-state index in [0.717, 1.165) is 11.2 Å². The van der Waals surface area contributed by atoms with Crippen molar-refractivity contribution in [2.45, 2.75) is 85.5 Å². The van der Waals surface area contributed by atoms with Crippen LogP contribution in [0.4, 0.5) is 5.69 Å². The lowest BCUT2D eigenvalue weighted by atomic mass is 9.74. The fraction of sp³-hybridized carbons (Fsp3) is 0.500. The van der Waals surface area contributed by atoms with Crippen LogP contribution >= 0.6 is 7.05 Å². The molecule has 0 unspecified atom stereocenters. The molecule has 0 bridgehead atoms. The number of allylic oxidation sites excluding steroid dienone is 1. The highest BCUT2D eigenvalue weighted by Crippen LogP contribution is 2.79. The Balaban J connectivity index is 2.45. The number of methoxy groups -OCH3 is 1. The van der Waals surface area contributed by atoms with Crippen molar-refractivity contribution in [3.05, 3.63) is 70.0 Å². The molecule has 168 valence electrons. The highest BCUT2D eigenvalue weighted by Gasteiger charge is 2.47. The summed E-state index contributed by atoms with van der Waals surface area (Å²) in [6.07, 6.45) is 0. The summed E-state index contributed by atoms with van der Waals surface area (Å²) in [6, 6.07) is 15.5. The molecule has 3 rings (SSSR count). The Hall–Kier alpha value is -1.79. The maximum absolute atomic E-state index is 5.88. The smallest absolute Gasteiger partial charge is 0.148 e. The Labute approximate surface area is 190 Å². The van der Waals surface area contributed by atoms with Gasteiger partial charge in [0.25, 0.3) is 0 Å². The highest BCUT2D eigenvalue weighted by molar-refractivity contribution is 7.88.